The number of unbranched alkanes of at least 4 members (excludes halogenated alkanes) is 1. The summed E-state index contributed by atoms with van der Waals surface area (Å²) in [6, 6.07) is 7.81. The quantitative estimate of drug-likeness (QED) is 0.806. The van der Waals surface area contributed by atoms with E-state index in [1.54, 1.807) is 0 Å². The van der Waals surface area contributed by atoms with Crippen LogP contribution in [0, 0.1) is 0 Å². The third-order valence-corrected chi connectivity index (χ3v) is 2.79. The summed E-state index contributed by atoms with van der Waals surface area (Å²) < 4.78 is 0. The Labute approximate surface area is 101 Å². The van der Waals surface area contributed by atoms with Gasteiger partial charge in [-0.25, -0.2) is 0 Å². The lowest BCUT2D eigenvalue weighted by Gasteiger charge is -2.08. The molecule has 0 aliphatic rings. The molecule has 0 aliphatic heterocycles. The molecule has 0 atom stereocenters. The summed E-state index contributed by atoms with van der Waals surface area (Å²) >= 11 is 5.94. The lowest BCUT2D eigenvalue weighted by Crippen LogP contribution is -2.01. The first-order valence-corrected chi connectivity index (χ1v) is 5.97. The van der Waals surface area contributed by atoms with Gasteiger partial charge < -0.3 is 5.32 Å². The Morgan fingerprint density at radius 2 is 2.19 bits per heavy atom. The summed E-state index contributed by atoms with van der Waals surface area (Å²) in [5.41, 5.74) is 2.07. The van der Waals surface area contributed by atoms with E-state index in [1.807, 2.05) is 30.5 Å². The van der Waals surface area contributed by atoms with Crippen LogP contribution in [0.4, 0.5) is 5.69 Å². The number of benzene rings is 1. The van der Waals surface area contributed by atoms with Gasteiger partial charge in [0.1, 0.15) is 0 Å². The molecule has 1 aromatic carbocycles. The summed E-state index contributed by atoms with van der Waals surface area (Å²) in [5, 5.41) is 5.28. The predicted octanol–water partition coefficient (Wildman–Crippen LogP) is 4.10. The van der Waals surface area contributed by atoms with Gasteiger partial charge in [0, 0.05) is 28.8 Å². The fraction of sp³-hybridized carbons (Fsp3) is 0.308. The molecule has 0 aliphatic carbocycles. The molecule has 0 radical (unpaired) electrons. The number of nitrogens with one attached hydrogen (secondary N) is 1. The fourth-order valence-electron chi connectivity index (χ4n) is 1.68. The highest BCUT2D eigenvalue weighted by Gasteiger charge is 2.01. The smallest absolute Gasteiger partial charge is 0.0737 e. The van der Waals surface area contributed by atoms with Gasteiger partial charge in [-0.05, 0) is 30.7 Å². The predicted molar refractivity (Wildman–Crippen MR) is 70.2 cm³/mol. The van der Waals surface area contributed by atoms with Crippen molar-refractivity contribution in [3.05, 3.63) is 35.5 Å². The van der Waals surface area contributed by atoms with E-state index < -0.39 is 0 Å². The molecular formula is C13H15ClN2. The molecule has 0 fully saturated rings. The van der Waals surface area contributed by atoms with Crippen molar-refractivity contribution in [2.45, 2.75) is 19.8 Å². The minimum Gasteiger partial charge on any atom is -0.384 e. The number of halogens is 1. The number of nitrogens with zero attached hydrogens (tertiary/aromatic N) is 1. The summed E-state index contributed by atoms with van der Waals surface area (Å²) in [6.07, 6.45) is 4.19. The van der Waals surface area contributed by atoms with Crippen LogP contribution in [-0.4, -0.2) is 11.5 Å². The number of rotatable bonds is 4. The second kappa shape index (κ2) is 5.17. The summed E-state index contributed by atoms with van der Waals surface area (Å²) in [7, 11) is 0. The lowest BCUT2D eigenvalue weighted by atomic mass is 10.2. The number of anilines is 1. The van der Waals surface area contributed by atoms with Gasteiger partial charge in [-0.2, -0.15) is 0 Å². The zero-order chi connectivity index (χ0) is 11.4. The van der Waals surface area contributed by atoms with Crippen LogP contribution >= 0.6 is 11.6 Å². The molecular weight excluding hydrogens is 220 g/mol. The van der Waals surface area contributed by atoms with Crippen molar-refractivity contribution in [3.8, 4) is 0 Å². The third kappa shape index (κ3) is 2.45. The molecule has 1 aromatic heterocycles. The summed E-state index contributed by atoms with van der Waals surface area (Å²) in [6.45, 7) is 3.18. The summed E-state index contributed by atoms with van der Waals surface area (Å²) in [4.78, 5) is 4.31. The molecule has 0 saturated heterocycles. The van der Waals surface area contributed by atoms with Crippen LogP contribution in [0.3, 0.4) is 0 Å². The number of fused-ring (bicyclic) bond motifs is 1. The molecule has 2 nitrogen and oxygen atoms in total. The van der Waals surface area contributed by atoms with Crippen molar-refractivity contribution < 1.29 is 0 Å². The molecule has 1 N–H and O–H groups in total. The second-order valence-electron chi connectivity index (χ2n) is 3.80. The molecule has 2 aromatic rings. The Morgan fingerprint density at radius 1 is 1.31 bits per heavy atom. The van der Waals surface area contributed by atoms with E-state index in [0.717, 1.165) is 28.2 Å². The van der Waals surface area contributed by atoms with Crippen molar-refractivity contribution in [1.29, 1.82) is 0 Å². The summed E-state index contributed by atoms with van der Waals surface area (Å²) in [5.74, 6) is 0. The highest BCUT2D eigenvalue weighted by atomic mass is 35.5. The molecule has 84 valence electrons. The molecule has 3 heteroatoms. The Kier molecular flexibility index (Phi) is 3.62. The van der Waals surface area contributed by atoms with Crippen molar-refractivity contribution in [3.63, 3.8) is 0 Å². The van der Waals surface area contributed by atoms with Crippen LogP contribution in [-0.2, 0) is 0 Å². The Hall–Kier alpha value is -1.28. The zero-order valence-electron chi connectivity index (χ0n) is 9.33. The molecule has 16 heavy (non-hydrogen) atoms. The maximum absolute atomic E-state index is 5.94. The normalized spacial score (nSPS) is 10.6. The lowest BCUT2D eigenvalue weighted by molar-refractivity contribution is 0.835. The second-order valence-corrected chi connectivity index (χ2v) is 4.24. The zero-order valence-corrected chi connectivity index (χ0v) is 10.1. The third-order valence-electron chi connectivity index (χ3n) is 2.55. The molecule has 2 rings (SSSR count). The standard InChI is InChI=1S/C13H15ClN2/c1-2-3-7-15-12-6-8-16-13-9-10(14)4-5-11(12)13/h4-6,8-9H,2-3,7H2,1H3,(H,15,16). The number of pyridine rings is 1. The van der Waals surface area contributed by atoms with E-state index in [9.17, 15) is 0 Å². The number of aromatic nitrogens is 1. The minimum atomic E-state index is 0.728. The monoisotopic (exact) mass is 234 g/mol. The molecule has 1 heterocycles. The molecule has 0 amide bonds. The van der Waals surface area contributed by atoms with E-state index >= 15 is 0 Å². The van der Waals surface area contributed by atoms with Gasteiger partial charge in [0.2, 0.25) is 0 Å². The maximum Gasteiger partial charge on any atom is 0.0737 e. The average molecular weight is 235 g/mol. The van der Waals surface area contributed by atoms with Gasteiger partial charge in [0.25, 0.3) is 0 Å². The average Bonchev–Trinajstić information content (AvgIpc) is 2.29. The first kappa shape index (κ1) is 11.2. The van der Waals surface area contributed by atoms with Crippen LogP contribution in [0.15, 0.2) is 30.5 Å². The van der Waals surface area contributed by atoms with Crippen LogP contribution in [0.25, 0.3) is 10.9 Å². The highest BCUT2D eigenvalue weighted by molar-refractivity contribution is 6.31. The Balaban J connectivity index is 2.30. The van der Waals surface area contributed by atoms with Crippen molar-refractivity contribution in [2.24, 2.45) is 0 Å². The van der Waals surface area contributed by atoms with E-state index in [1.165, 1.54) is 12.8 Å². The van der Waals surface area contributed by atoms with Gasteiger partial charge >= 0.3 is 0 Å². The Bertz CT molecular complexity index is 482. The van der Waals surface area contributed by atoms with E-state index in [0.29, 0.717) is 0 Å². The number of hydrogen-bond donors (Lipinski definition) is 1. The molecule has 0 unspecified atom stereocenters. The van der Waals surface area contributed by atoms with Gasteiger partial charge in [-0.1, -0.05) is 24.9 Å². The maximum atomic E-state index is 5.94. The van der Waals surface area contributed by atoms with Crippen LogP contribution < -0.4 is 5.32 Å². The van der Waals surface area contributed by atoms with Crippen molar-refractivity contribution in [1.82, 2.24) is 4.98 Å². The number of hydrogen-bond acceptors (Lipinski definition) is 2. The van der Waals surface area contributed by atoms with Gasteiger partial charge in [0.15, 0.2) is 0 Å². The van der Waals surface area contributed by atoms with E-state index in [-0.39, 0.29) is 0 Å². The first-order valence-electron chi connectivity index (χ1n) is 5.59. The van der Waals surface area contributed by atoms with Gasteiger partial charge in [-0.3, -0.25) is 4.98 Å². The molecule has 0 bridgehead atoms. The topological polar surface area (TPSA) is 24.9 Å². The van der Waals surface area contributed by atoms with Crippen LogP contribution in [0.2, 0.25) is 5.02 Å². The highest BCUT2D eigenvalue weighted by Crippen LogP contribution is 2.24. The SMILES string of the molecule is CCCCNc1ccnc2cc(Cl)ccc12. The molecule has 0 saturated carbocycles. The van der Waals surface area contributed by atoms with Gasteiger partial charge in [0.05, 0.1) is 5.52 Å². The van der Waals surface area contributed by atoms with Gasteiger partial charge in [-0.15, -0.1) is 0 Å². The van der Waals surface area contributed by atoms with Crippen molar-refractivity contribution in [2.75, 3.05) is 11.9 Å². The van der Waals surface area contributed by atoms with E-state index in [4.69, 9.17) is 11.6 Å². The van der Waals surface area contributed by atoms with Crippen LogP contribution in [0.5, 0.6) is 0 Å². The Morgan fingerprint density at radius 3 is 3.00 bits per heavy atom. The molecule has 0 spiro atoms. The fourth-order valence-corrected chi connectivity index (χ4v) is 1.84. The first-order chi connectivity index (χ1) is 7.81. The minimum absolute atomic E-state index is 0.728. The van der Waals surface area contributed by atoms with Crippen molar-refractivity contribution >= 4 is 28.2 Å². The van der Waals surface area contributed by atoms with Crippen LogP contribution in [0.1, 0.15) is 19.8 Å². The van der Waals surface area contributed by atoms with E-state index in [2.05, 4.69) is 17.2 Å². The largest absolute Gasteiger partial charge is 0.384 e.